The van der Waals surface area contributed by atoms with Gasteiger partial charge >= 0.3 is 51.4 Å². The summed E-state index contributed by atoms with van der Waals surface area (Å²) in [6, 6.07) is 7.09. The second-order valence-corrected chi connectivity index (χ2v) is 5.22. The van der Waals surface area contributed by atoms with E-state index in [1.165, 1.54) is 7.05 Å². The molecule has 2 aromatic heterocycles. The molecule has 1 aromatic carbocycles. The predicted molar refractivity (Wildman–Crippen MR) is 84.7 cm³/mol. The van der Waals surface area contributed by atoms with Crippen LogP contribution in [0.15, 0.2) is 29.1 Å². The molecular weight excluding hydrogens is 351 g/mol. The van der Waals surface area contributed by atoms with E-state index in [9.17, 15) is 14.7 Å². The monoisotopic (exact) mass is 366 g/mol. The van der Waals surface area contributed by atoms with Gasteiger partial charge in [0.1, 0.15) is 22.8 Å². The van der Waals surface area contributed by atoms with Crippen LogP contribution in [0.1, 0.15) is 23.8 Å². The first-order chi connectivity index (χ1) is 11.5. The average Bonchev–Trinajstić information content (AvgIpc) is 2.90. The van der Waals surface area contributed by atoms with Gasteiger partial charge in [-0.25, -0.2) is 4.98 Å². The van der Waals surface area contributed by atoms with Crippen LogP contribution in [-0.2, 0) is 7.05 Å². The van der Waals surface area contributed by atoms with Crippen molar-refractivity contribution in [1.82, 2.24) is 19.7 Å². The second kappa shape index (κ2) is 8.24. The van der Waals surface area contributed by atoms with Gasteiger partial charge in [-0.05, 0) is 18.6 Å². The third-order valence-electron chi connectivity index (χ3n) is 3.49. The van der Waals surface area contributed by atoms with Crippen molar-refractivity contribution in [3.05, 3.63) is 40.3 Å². The van der Waals surface area contributed by atoms with Crippen molar-refractivity contribution in [3.63, 3.8) is 0 Å². The third-order valence-corrected chi connectivity index (χ3v) is 3.49. The summed E-state index contributed by atoms with van der Waals surface area (Å²) in [6.07, 6.45) is 0.828. The quantitative estimate of drug-likeness (QED) is 0.499. The Morgan fingerprint density at radius 2 is 2.04 bits per heavy atom. The Bertz CT molecular complexity index is 980. The van der Waals surface area contributed by atoms with Crippen LogP contribution in [0.3, 0.4) is 0 Å². The Morgan fingerprint density at radius 1 is 1.32 bits per heavy atom. The van der Waals surface area contributed by atoms with Gasteiger partial charge in [-0.15, -0.1) is 0 Å². The number of hydrogen-bond donors (Lipinski definition) is 1. The van der Waals surface area contributed by atoms with Crippen LogP contribution >= 0.6 is 0 Å². The minimum atomic E-state index is -1.44. The van der Waals surface area contributed by atoms with Crippen molar-refractivity contribution in [3.8, 4) is 17.1 Å². The predicted octanol–water partition coefficient (Wildman–Crippen LogP) is -2.52. The van der Waals surface area contributed by atoms with E-state index >= 15 is 0 Å². The number of carboxylic acids is 1. The molecule has 0 aliphatic rings. The van der Waals surface area contributed by atoms with Gasteiger partial charge in [-0.1, -0.05) is 19.1 Å². The van der Waals surface area contributed by atoms with E-state index in [1.54, 1.807) is 18.2 Å². The number of benzene rings is 1. The molecule has 0 atom stereocenters. The molecule has 9 heteroatoms. The molecule has 0 spiro atoms. The number of aromatic amines is 1. The first-order valence-electron chi connectivity index (χ1n) is 7.43. The average molecular weight is 366 g/mol. The Kier molecular flexibility index (Phi) is 6.52. The number of fused-ring (bicyclic) bond motifs is 1. The van der Waals surface area contributed by atoms with Gasteiger partial charge in [0.15, 0.2) is 5.52 Å². The fourth-order valence-electron chi connectivity index (χ4n) is 2.43. The van der Waals surface area contributed by atoms with E-state index in [2.05, 4.69) is 15.1 Å². The molecule has 3 aromatic rings. The Morgan fingerprint density at radius 3 is 2.72 bits per heavy atom. The molecule has 0 saturated heterocycles. The minimum absolute atomic E-state index is 0. The third kappa shape index (κ3) is 3.85. The molecule has 1 N–H and O–H groups in total. The summed E-state index contributed by atoms with van der Waals surface area (Å²) in [4.78, 5) is 30.5. The molecule has 0 bridgehead atoms. The van der Waals surface area contributed by atoms with Crippen molar-refractivity contribution < 1.29 is 66.0 Å². The molecule has 0 amide bonds. The van der Waals surface area contributed by atoms with Crippen molar-refractivity contribution in [2.45, 2.75) is 13.3 Å². The van der Waals surface area contributed by atoms with E-state index in [1.807, 2.05) is 13.0 Å². The van der Waals surface area contributed by atoms with Gasteiger partial charge in [-0.3, -0.25) is 9.48 Å². The van der Waals surface area contributed by atoms with Crippen LogP contribution in [0.2, 0.25) is 0 Å². The van der Waals surface area contributed by atoms with E-state index in [-0.39, 0.29) is 73.9 Å². The molecule has 0 unspecified atom stereocenters. The number of carboxylic acid groups (broad SMARTS) is 1. The summed E-state index contributed by atoms with van der Waals surface area (Å²) in [7, 11) is 1.42. The van der Waals surface area contributed by atoms with Gasteiger partial charge in [0.2, 0.25) is 0 Å². The Balaban J connectivity index is 0.00000225. The zero-order valence-corrected chi connectivity index (χ0v) is 17.3. The fourth-order valence-corrected chi connectivity index (χ4v) is 2.43. The number of nitrogens with zero attached hydrogens (tertiary/aromatic N) is 3. The van der Waals surface area contributed by atoms with Crippen LogP contribution in [0.25, 0.3) is 22.4 Å². The van der Waals surface area contributed by atoms with Gasteiger partial charge in [0.05, 0.1) is 18.1 Å². The molecule has 0 aliphatic heterocycles. The summed E-state index contributed by atoms with van der Waals surface area (Å²) in [6.45, 7) is 2.50. The normalized spacial score (nSPS) is 10.5. The molecule has 124 valence electrons. The zero-order valence-electron chi connectivity index (χ0n) is 14.2. The Labute approximate surface area is 185 Å². The zero-order chi connectivity index (χ0) is 17.3. The first-order valence-corrected chi connectivity index (χ1v) is 7.43. The van der Waals surface area contributed by atoms with E-state index < -0.39 is 11.5 Å². The number of aromatic carboxylic acids is 1. The Hall–Kier alpha value is -1.52. The van der Waals surface area contributed by atoms with Gasteiger partial charge in [0.25, 0.3) is 5.56 Å². The van der Waals surface area contributed by atoms with Crippen LogP contribution in [-0.4, -0.2) is 32.3 Å². The van der Waals surface area contributed by atoms with Crippen molar-refractivity contribution in [2.24, 2.45) is 7.05 Å². The van der Waals surface area contributed by atoms with Crippen LogP contribution in [0.4, 0.5) is 0 Å². The topological polar surface area (TPSA) is 113 Å². The van der Waals surface area contributed by atoms with E-state index in [0.29, 0.717) is 17.9 Å². The number of ether oxygens (including phenoxy) is 1. The second-order valence-electron chi connectivity index (χ2n) is 5.22. The number of para-hydroxylation sites is 1. The molecule has 0 saturated carbocycles. The molecule has 0 aliphatic carbocycles. The van der Waals surface area contributed by atoms with Crippen LogP contribution in [0.5, 0.6) is 5.75 Å². The van der Waals surface area contributed by atoms with Crippen molar-refractivity contribution in [2.75, 3.05) is 6.61 Å². The SMILES string of the molecule is CCCOc1ccccc1-c1nc2c(C(=O)[O-])n(C)nc2c(=O)[nH]1.[K+]. The minimum Gasteiger partial charge on any atom is -0.543 e. The standard InChI is InChI=1S/C16H16N4O4.K/c1-3-8-24-10-7-5-4-6-9(10)14-17-11-12(15(21)18-14)19-20(2)13(11)16(22)23;/h4-7H,3,8H2,1-2H3,(H,22,23)(H,17,18,21);/q;+1/p-1. The van der Waals surface area contributed by atoms with Crippen molar-refractivity contribution in [1.29, 1.82) is 0 Å². The maximum atomic E-state index is 12.3. The number of carbonyl (C=O) groups excluding carboxylic acids is 1. The number of H-pyrrole nitrogens is 1. The summed E-state index contributed by atoms with van der Waals surface area (Å²) < 4.78 is 6.74. The number of carbonyl (C=O) groups is 1. The summed E-state index contributed by atoms with van der Waals surface area (Å²) in [5, 5.41) is 15.2. The molecule has 0 fully saturated rings. The van der Waals surface area contributed by atoms with Gasteiger partial charge < -0.3 is 19.6 Å². The molecular formula is C16H15KN4O4. The fraction of sp³-hybridized carbons (Fsp3) is 0.250. The maximum absolute atomic E-state index is 12.3. The smallest absolute Gasteiger partial charge is 0.543 e. The van der Waals surface area contributed by atoms with Crippen LogP contribution in [0, 0.1) is 0 Å². The maximum Gasteiger partial charge on any atom is 1.00 e. The molecule has 25 heavy (non-hydrogen) atoms. The molecule has 2 heterocycles. The van der Waals surface area contributed by atoms with E-state index in [0.717, 1.165) is 11.1 Å². The number of aryl methyl sites for hydroxylation is 1. The number of aromatic nitrogens is 4. The van der Waals surface area contributed by atoms with Crippen molar-refractivity contribution >= 4 is 17.0 Å². The largest absolute Gasteiger partial charge is 1.00 e. The first kappa shape index (κ1) is 19.8. The summed E-state index contributed by atoms with van der Waals surface area (Å²) >= 11 is 0. The number of rotatable bonds is 5. The number of nitrogens with one attached hydrogen (secondary N) is 1. The van der Waals surface area contributed by atoms with Gasteiger partial charge in [0, 0.05) is 7.05 Å². The summed E-state index contributed by atoms with van der Waals surface area (Å²) in [5.74, 6) is -0.671. The van der Waals surface area contributed by atoms with E-state index in [4.69, 9.17) is 4.74 Å². The molecule has 3 rings (SSSR count). The molecule has 8 nitrogen and oxygen atoms in total. The van der Waals surface area contributed by atoms with Gasteiger partial charge in [-0.2, -0.15) is 5.10 Å². The number of hydrogen-bond acceptors (Lipinski definition) is 6. The van der Waals surface area contributed by atoms with Crippen LogP contribution < -0.4 is 66.8 Å². The molecule has 0 radical (unpaired) electrons. The summed E-state index contributed by atoms with van der Waals surface area (Å²) in [5.41, 5.74) is -0.264.